The van der Waals surface area contributed by atoms with E-state index in [1.807, 2.05) is 0 Å². The molecule has 1 N–H and O–H groups in total. The number of carbonyl (C=O) groups is 2. The van der Waals surface area contributed by atoms with Crippen LogP contribution >= 0.6 is 34.3 Å². The number of thiazole rings is 1. The van der Waals surface area contributed by atoms with Crippen LogP contribution in [-0.4, -0.2) is 24.0 Å². The second-order valence-corrected chi connectivity index (χ2v) is 9.06. The molecule has 0 aliphatic rings. The maximum absolute atomic E-state index is 13.2. The van der Waals surface area contributed by atoms with Gasteiger partial charge in [-0.1, -0.05) is 23.7 Å². The van der Waals surface area contributed by atoms with Crippen LogP contribution in [0.5, 0.6) is 0 Å². The number of carbonyl (C=O) groups excluding carboxylic acids is 2. The minimum Gasteiger partial charge on any atom is -0.465 e. The molecule has 1 amide bonds. The van der Waals surface area contributed by atoms with Gasteiger partial charge in [-0.05, 0) is 48.9 Å². The first-order valence-electron chi connectivity index (χ1n) is 9.38. The fourth-order valence-corrected chi connectivity index (χ4v) is 5.12. The summed E-state index contributed by atoms with van der Waals surface area (Å²) in [6, 6.07) is 13.0. The number of nitrogens with zero attached hydrogens (tertiary/aromatic N) is 1. The molecule has 5 nitrogen and oxygen atoms in total. The van der Waals surface area contributed by atoms with Crippen molar-refractivity contribution in [3.05, 3.63) is 80.9 Å². The van der Waals surface area contributed by atoms with Crippen LogP contribution in [0.25, 0.3) is 21.7 Å². The first-order chi connectivity index (χ1) is 15.4. The molecule has 4 aromatic rings. The van der Waals surface area contributed by atoms with Crippen molar-refractivity contribution in [2.75, 3.05) is 12.4 Å². The molecule has 0 spiro atoms. The average Bonchev–Trinajstić information content (AvgIpc) is 3.38. The van der Waals surface area contributed by atoms with Crippen LogP contribution in [0.3, 0.4) is 0 Å². The van der Waals surface area contributed by atoms with E-state index in [9.17, 15) is 14.0 Å². The number of aromatic nitrogens is 1. The Morgan fingerprint density at radius 2 is 1.72 bits per heavy atom. The number of thiophene rings is 1. The van der Waals surface area contributed by atoms with Crippen molar-refractivity contribution >= 4 is 51.2 Å². The van der Waals surface area contributed by atoms with E-state index in [2.05, 4.69) is 10.3 Å². The van der Waals surface area contributed by atoms with Gasteiger partial charge >= 0.3 is 5.97 Å². The highest BCUT2D eigenvalue weighted by atomic mass is 35.5. The molecule has 0 saturated heterocycles. The third-order valence-electron chi connectivity index (χ3n) is 4.66. The van der Waals surface area contributed by atoms with E-state index in [1.165, 1.54) is 41.9 Å². The second kappa shape index (κ2) is 9.20. The number of amides is 1. The van der Waals surface area contributed by atoms with Crippen molar-refractivity contribution in [2.45, 2.75) is 6.92 Å². The van der Waals surface area contributed by atoms with Crippen LogP contribution in [0.2, 0.25) is 5.02 Å². The minimum absolute atomic E-state index is 0.272. The number of rotatable bonds is 5. The molecule has 9 heteroatoms. The van der Waals surface area contributed by atoms with Gasteiger partial charge in [0.1, 0.15) is 26.3 Å². The standard InChI is InChI=1S/C23H16ClFN2O3S2/c1-12-19(32-21(26-12)14-5-9-16(25)10-6-14)20(28)27-22-18(23(29)30-2)17(11-31-22)13-3-7-15(24)8-4-13/h3-11H,1-2H3,(H,27,28). The number of aryl methyl sites for hydroxylation is 1. The lowest BCUT2D eigenvalue weighted by Crippen LogP contribution is -2.14. The fraction of sp³-hybridized carbons (Fsp3) is 0.0870. The van der Waals surface area contributed by atoms with Crippen molar-refractivity contribution in [1.82, 2.24) is 4.98 Å². The molecule has 0 radical (unpaired) electrons. The molecule has 2 heterocycles. The number of hydrogen-bond donors (Lipinski definition) is 1. The van der Waals surface area contributed by atoms with E-state index in [0.29, 0.717) is 31.2 Å². The smallest absolute Gasteiger partial charge is 0.341 e. The molecule has 0 fully saturated rings. The number of hydrogen-bond acceptors (Lipinski definition) is 6. The molecule has 2 aromatic carbocycles. The SMILES string of the molecule is COC(=O)c1c(-c2ccc(Cl)cc2)csc1NC(=O)c1sc(-c2ccc(F)cc2)nc1C. The van der Waals surface area contributed by atoms with Gasteiger partial charge in [-0.25, -0.2) is 14.2 Å². The minimum atomic E-state index is -0.556. The van der Waals surface area contributed by atoms with Gasteiger partial charge in [-0.3, -0.25) is 4.79 Å². The molecule has 2 aromatic heterocycles. The monoisotopic (exact) mass is 486 g/mol. The Morgan fingerprint density at radius 1 is 1.06 bits per heavy atom. The van der Waals surface area contributed by atoms with E-state index in [1.54, 1.807) is 48.7 Å². The summed E-state index contributed by atoms with van der Waals surface area (Å²) < 4.78 is 18.2. The summed E-state index contributed by atoms with van der Waals surface area (Å²) in [5, 5.41) is 6.17. The number of methoxy groups -OCH3 is 1. The number of halogens is 2. The summed E-state index contributed by atoms with van der Waals surface area (Å²) in [6.07, 6.45) is 0. The normalized spacial score (nSPS) is 10.8. The topological polar surface area (TPSA) is 68.3 Å². The van der Waals surface area contributed by atoms with Crippen LogP contribution < -0.4 is 5.32 Å². The van der Waals surface area contributed by atoms with Crippen molar-refractivity contribution in [3.63, 3.8) is 0 Å². The van der Waals surface area contributed by atoms with Gasteiger partial charge in [-0.15, -0.1) is 22.7 Å². The Hall–Kier alpha value is -3.07. The molecule has 162 valence electrons. The maximum atomic E-state index is 13.2. The number of nitrogens with one attached hydrogen (secondary N) is 1. The average molecular weight is 487 g/mol. The van der Waals surface area contributed by atoms with Gasteiger partial charge in [0.05, 0.1) is 12.8 Å². The summed E-state index contributed by atoms with van der Waals surface area (Å²) in [5.74, 6) is -1.29. The molecule has 4 rings (SSSR count). The Labute approximate surface area is 196 Å². The Kier molecular flexibility index (Phi) is 6.36. The molecule has 32 heavy (non-hydrogen) atoms. The highest BCUT2D eigenvalue weighted by Crippen LogP contribution is 2.37. The van der Waals surface area contributed by atoms with Gasteiger partial charge in [0.25, 0.3) is 5.91 Å². The predicted molar refractivity (Wildman–Crippen MR) is 126 cm³/mol. The van der Waals surface area contributed by atoms with Crippen LogP contribution in [-0.2, 0) is 4.74 Å². The summed E-state index contributed by atoms with van der Waals surface area (Å²) in [4.78, 5) is 30.4. The van der Waals surface area contributed by atoms with Gasteiger partial charge in [0, 0.05) is 21.5 Å². The number of benzene rings is 2. The maximum Gasteiger partial charge on any atom is 0.341 e. The molecule has 0 aliphatic carbocycles. The van der Waals surface area contributed by atoms with Crippen molar-refractivity contribution in [2.24, 2.45) is 0 Å². The van der Waals surface area contributed by atoms with Crippen LogP contribution in [0.1, 0.15) is 25.7 Å². The number of ether oxygens (including phenoxy) is 1. The third-order valence-corrected chi connectivity index (χ3v) is 7.01. The first kappa shape index (κ1) is 22.1. The number of esters is 1. The highest BCUT2D eigenvalue weighted by molar-refractivity contribution is 7.17. The molecule has 0 bridgehead atoms. The lowest BCUT2D eigenvalue weighted by atomic mass is 10.0. The lowest BCUT2D eigenvalue weighted by molar-refractivity contribution is 0.0603. The highest BCUT2D eigenvalue weighted by Gasteiger charge is 2.24. The van der Waals surface area contributed by atoms with E-state index in [4.69, 9.17) is 16.3 Å². The van der Waals surface area contributed by atoms with Gasteiger partial charge in [-0.2, -0.15) is 0 Å². The fourth-order valence-electron chi connectivity index (χ4n) is 3.08. The predicted octanol–water partition coefficient (Wildman–Crippen LogP) is 6.68. The van der Waals surface area contributed by atoms with E-state index in [-0.39, 0.29) is 17.3 Å². The van der Waals surface area contributed by atoms with Gasteiger partial charge in [0.15, 0.2) is 0 Å². The quantitative estimate of drug-likeness (QED) is 0.319. The van der Waals surface area contributed by atoms with E-state index < -0.39 is 5.97 Å². The van der Waals surface area contributed by atoms with Crippen LogP contribution in [0.4, 0.5) is 9.39 Å². The van der Waals surface area contributed by atoms with Gasteiger partial charge < -0.3 is 10.1 Å². The molecular weight excluding hydrogens is 471 g/mol. The Bertz CT molecular complexity index is 1300. The summed E-state index contributed by atoms with van der Waals surface area (Å²) >= 11 is 8.40. The Balaban J connectivity index is 1.66. The van der Waals surface area contributed by atoms with Crippen LogP contribution in [0.15, 0.2) is 53.9 Å². The lowest BCUT2D eigenvalue weighted by Gasteiger charge is -2.07. The summed E-state index contributed by atoms with van der Waals surface area (Å²) in [5.41, 5.74) is 2.95. The molecule has 0 unspecified atom stereocenters. The zero-order chi connectivity index (χ0) is 22.8. The molecule has 0 atom stereocenters. The molecule has 0 aliphatic heterocycles. The van der Waals surface area contributed by atoms with Crippen LogP contribution in [0, 0.1) is 12.7 Å². The zero-order valence-electron chi connectivity index (χ0n) is 16.9. The largest absolute Gasteiger partial charge is 0.465 e. The van der Waals surface area contributed by atoms with Crippen molar-refractivity contribution < 1.29 is 18.7 Å². The summed E-state index contributed by atoms with van der Waals surface area (Å²) in [6.45, 7) is 1.73. The van der Waals surface area contributed by atoms with E-state index >= 15 is 0 Å². The first-order valence-corrected chi connectivity index (χ1v) is 11.4. The molecule has 0 saturated carbocycles. The molecular formula is C23H16ClFN2O3S2. The van der Waals surface area contributed by atoms with E-state index in [0.717, 1.165) is 11.1 Å². The Morgan fingerprint density at radius 3 is 2.38 bits per heavy atom. The second-order valence-electron chi connectivity index (χ2n) is 6.75. The van der Waals surface area contributed by atoms with Crippen molar-refractivity contribution in [3.8, 4) is 21.7 Å². The summed E-state index contributed by atoms with van der Waals surface area (Å²) in [7, 11) is 1.29. The zero-order valence-corrected chi connectivity index (χ0v) is 19.3. The number of anilines is 1. The third kappa shape index (κ3) is 4.43. The van der Waals surface area contributed by atoms with Gasteiger partial charge in [0.2, 0.25) is 0 Å². The van der Waals surface area contributed by atoms with Crippen molar-refractivity contribution in [1.29, 1.82) is 0 Å².